The van der Waals surface area contributed by atoms with Crippen molar-refractivity contribution in [3.8, 4) is 5.75 Å². The minimum Gasteiger partial charge on any atom is -0.486 e. The molecule has 1 fully saturated rings. The number of amides is 1. The monoisotopic (exact) mass is 503 g/mol. The number of carbonyl (C=O) groups excluding carboxylic acids is 1. The smallest absolute Gasteiger partial charge is 0.326 e. The zero-order chi connectivity index (χ0) is 25.8. The average Bonchev–Trinajstić information content (AvgIpc) is 3.44. The van der Waals surface area contributed by atoms with Gasteiger partial charge in [-0.2, -0.15) is 0 Å². The van der Waals surface area contributed by atoms with Crippen LogP contribution in [0.1, 0.15) is 54.0 Å². The highest BCUT2D eigenvalue weighted by molar-refractivity contribution is 5.88. The molecule has 0 unspecified atom stereocenters. The molecule has 1 aliphatic carbocycles. The maximum atomic E-state index is 14.9. The summed E-state index contributed by atoms with van der Waals surface area (Å²) in [5.74, 6) is -2.05. The van der Waals surface area contributed by atoms with Gasteiger partial charge >= 0.3 is 5.97 Å². The van der Waals surface area contributed by atoms with E-state index in [1.54, 1.807) is 6.07 Å². The molecule has 0 aromatic heterocycles. The van der Waals surface area contributed by atoms with Crippen LogP contribution in [0.2, 0.25) is 0 Å². The fraction of sp³-hybridized carbons (Fsp3) is 0.333. The Kier molecular flexibility index (Phi) is 7.51. The Morgan fingerprint density at radius 1 is 0.973 bits per heavy atom. The molecule has 5 rings (SSSR count). The molecule has 0 spiro atoms. The second kappa shape index (κ2) is 11.1. The number of fused-ring (bicyclic) bond motifs is 1. The summed E-state index contributed by atoms with van der Waals surface area (Å²) in [6.45, 7) is 0.185. The number of benzene rings is 3. The van der Waals surface area contributed by atoms with Crippen molar-refractivity contribution in [3.63, 3.8) is 0 Å². The van der Waals surface area contributed by atoms with E-state index < -0.39 is 29.8 Å². The summed E-state index contributed by atoms with van der Waals surface area (Å²) in [5.41, 5.74) is 2.72. The Morgan fingerprint density at radius 3 is 2.32 bits per heavy atom. The predicted octanol–water partition coefficient (Wildman–Crippen LogP) is 5.44. The lowest BCUT2D eigenvalue weighted by molar-refractivity contribution is -0.160. The molecule has 1 aliphatic heterocycles. The number of nitrogens with zero attached hydrogens (tertiary/aromatic N) is 1. The number of hydrogen-bond acceptors (Lipinski definition) is 4. The Balaban J connectivity index is 1.44. The summed E-state index contributed by atoms with van der Waals surface area (Å²) in [4.78, 5) is 27.7. The first-order chi connectivity index (χ1) is 18.0. The minimum absolute atomic E-state index is 0.0322. The zero-order valence-electron chi connectivity index (χ0n) is 20.5. The van der Waals surface area contributed by atoms with Crippen molar-refractivity contribution in [2.75, 3.05) is 0 Å². The first-order valence-corrected chi connectivity index (χ1v) is 12.7. The third-order valence-electron chi connectivity index (χ3n) is 7.18. The predicted molar refractivity (Wildman–Crippen MR) is 135 cm³/mol. The lowest BCUT2D eigenvalue weighted by atomic mass is 9.91. The molecule has 1 amide bonds. The molecular formula is C30H30FNO5. The molecule has 3 aromatic carbocycles. The average molecular weight is 504 g/mol. The van der Waals surface area contributed by atoms with Gasteiger partial charge in [-0.15, -0.1) is 0 Å². The van der Waals surface area contributed by atoms with Crippen LogP contribution in [0.15, 0.2) is 72.8 Å². The number of carboxylic acids is 1. The van der Waals surface area contributed by atoms with Crippen LogP contribution >= 0.6 is 0 Å². The van der Waals surface area contributed by atoms with E-state index in [9.17, 15) is 19.1 Å². The molecule has 7 heteroatoms. The Labute approximate surface area is 215 Å². The number of aliphatic carboxylic acids is 1. The third kappa shape index (κ3) is 5.52. The molecule has 0 saturated heterocycles. The van der Waals surface area contributed by atoms with E-state index in [1.165, 1.54) is 11.0 Å². The summed E-state index contributed by atoms with van der Waals surface area (Å²) in [7, 11) is 0. The van der Waals surface area contributed by atoms with Gasteiger partial charge in [-0.3, -0.25) is 4.79 Å². The van der Waals surface area contributed by atoms with Crippen LogP contribution in [0.25, 0.3) is 0 Å². The van der Waals surface area contributed by atoms with E-state index in [0.29, 0.717) is 16.7 Å². The lowest BCUT2D eigenvalue weighted by Gasteiger charge is -2.37. The molecule has 192 valence electrons. The van der Waals surface area contributed by atoms with Crippen molar-refractivity contribution < 1.29 is 28.6 Å². The maximum Gasteiger partial charge on any atom is 0.326 e. The Morgan fingerprint density at radius 2 is 1.65 bits per heavy atom. The van der Waals surface area contributed by atoms with Gasteiger partial charge in [0.15, 0.2) is 17.7 Å². The second-order valence-electron chi connectivity index (χ2n) is 9.65. The van der Waals surface area contributed by atoms with Gasteiger partial charge in [-0.25, -0.2) is 9.18 Å². The molecule has 2 aliphatic rings. The number of carboxylic acid groups (broad SMARTS) is 1. The van der Waals surface area contributed by atoms with Crippen molar-refractivity contribution in [2.45, 2.75) is 63.5 Å². The number of halogens is 1. The summed E-state index contributed by atoms with van der Waals surface area (Å²) >= 11 is 0. The quantitative estimate of drug-likeness (QED) is 0.443. The van der Waals surface area contributed by atoms with E-state index in [4.69, 9.17) is 9.47 Å². The van der Waals surface area contributed by atoms with Gasteiger partial charge < -0.3 is 19.5 Å². The van der Waals surface area contributed by atoms with Gasteiger partial charge in [-0.05, 0) is 35.6 Å². The van der Waals surface area contributed by atoms with E-state index in [1.807, 2.05) is 60.7 Å². The van der Waals surface area contributed by atoms with E-state index in [2.05, 4.69) is 0 Å². The molecule has 0 bridgehead atoms. The van der Waals surface area contributed by atoms with Crippen molar-refractivity contribution in [3.05, 3.63) is 101 Å². The first kappa shape index (κ1) is 25.0. The molecule has 1 heterocycles. The first-order valence-electron chi connectivity index (χ1n) is 12.7. The van der Waals surface area contributed by atoms with Crippen LogP contribution in [0.4, 0.5) is 4.39 Å². The topological polar surface area (TPSA) is 76.1 Å². The largest absolute Gasteiger partial charge is 0.486 e. The molecule has 0 radical (unpaired) electrons. The van der Waals surface area contributed by atoms with Gasteiger partial charge in [-0.1, -0.05) is 79.6 Å². The van der Waals surface area contributed by atoms with E-state index in [-0.39, 0.29) is 31.4 Å². The third-order valence-corrected chi connectivity index (χ3v) is 7.18. The highest BCUT2D eigenvalue weighted by Gasteiger charge is 2.40. The van der Waals surface area contributed by atoms with E-state index >= 15 is 0 Å². The van der Waals surface area contributed by atoms with Crippen LogP contribution in [0.3, 0.4) is 0 Å². The summed E-state index contributed by atoms with van der Waals surface area (Å²) < 4.78 is 27.0. The molecule has 37 heavy (non-hydrogen) atoms. The molecule has 3 aromatic rings. The van der Waals surface area contributed by atoms with Gasteiger partial charge in [0.1, 0.15) is 12.6 Å². The highest BCUT2D eigenvalue weighted by atomic mass is 19.1. The number of carbonyl (C=O) groups is 2. The van der Waals surface area contributed by atoms with Crippen LogP contribution in [0.5, 0.6) is 5.75 Å². The van der Waals surface area contributed by atoms with Crippen molar-refractivity contribution in [1.29, 1.82) is 0 Å². The standard InChI is InChI=1S/C30H30FNO5/c31-25-16-15-22-18-32(29(33)27(21-11-5-2-6-12-21)37-23-13-7-8-14-23)26(30(34)35)17-24(22)28(25)36-19-20-9-3-1-4-10-20/h1-6,9-12,15-16,23,26-27H,7-8,13-14,17-19H2,(H,34,35)/t26-,27-/m1/s1. The number of ether oxygens (including phenoxy) is 2. The van der Waals surface area contributed by atoms with Gasteiger partial charge in [0.25, 0.3) is 5.91 Å². The van der Waals surface area contributed by atoms with Crippen LogP contribution in [-0.2, 0) is 33.9 Å². The Bertz CT molecular complexity index is 1240. The lowest BCUT2D eigenvalue weighted by Crippen LogP contribution is -2.50. The Hall–Kier alpha value is -3.71. The molecule has 1 N–H and O–H groups in total. The van der Waals surface area contributed by atoms with E-state index in [0.717, 1.165) is 31.2 Å². The molecule has 2 atom stereocenters. The highest BCUT2D eigenvalue weighted by Crippen LogP contribution is 2.36. The van der Waals surface area contributed by atoms with Crippen LogP contribution in [0, 0.1) is 5.82 Å². The summed E-state index contributed by atoms with van der Waals surface area (Å²) in [6.07, 6.45) is 2.86. The molecule has 1 saturated carbocycles. The summed E-state index contributed by atoms with van der Waals surface area (Å²) in [5, 5.41) is 10.1. The normalized spacial score (nSPS) is 18.3. The minimum atomic E-state index is -1.17. The zero-order valence-corrected chi connectivity index (χ0v) is 20.5. The van der Waals surface area contributed by atoms with Crippen LogP contribution in [-0.4, -0.2) is 34.0 Å². The fourth-order valence-electron chi connectivity index (χ4n) is 5.22. The number of hydrogen-bond donors (Lipinski definition) is 1. The fourth-order valence-corrected chi connectivity index (χ4v) is 5.22. The van der Waals surface area contributed by atoms with Gasteiger partial charge in [0.05, 0.1) is 6.10 Å². The maximum absolute atomic E-state index is 14.9. The van der Waals surface area contributed by atoms with Crippen LogP contribution < -0.4 is 4.74 Å². The number of rotatable bonds is 8. The van der Waals surface area contributed by atoms with Gasteiger partial charge in [0, 0.05) is 18.5 Å². The van der Waals surface area contributed by atoms with Gasteiger partial charge in [0.2, 0.25) is 0 Å². The SMILES string of the molecule is O=C(O)[C@H]1Cc2c(ccc(F)c2OCc2ccccc2)CN1C(=O)[C@H](OC1CCCC1)c1ccccc1. The van der Waals surface area contributed by atoms with Crippen molar-refractivity contribution >= 4 is 11.9 Å². The molecular weight excluding hydrogens is 473 g/mol. The van der Waals surface area contributed by atoms with Crippen molar-refractivity contribution in [2.24, 2.45) is 0 Å². The van der Waals surface area contributed by atoms with Crippen molar-refractivity contribution in [1.82, 2.24) is 4.90 Å². The molecule has 6 nitrogen and oxygen atoms in total. The summed E-state index contributed by atoms with van der Waals surface area (Å²) in [6, 6.07) is 20.3. The second-order valence-corrected chi connectivity index (χ2v) is 9.65.